The topological polar surface area (TPSA) is 9.23 Å². The van der Waals surface area contributed by atoms with Crippen LogP contribution >= 0.6 is 0 Å². The third-order valence-electron chi connectivity index (χ3n) is 2.60. The number of rotatable bonds is 1. The van der Waals surface area contributed by atoms with Crippen LogP contribution in [0.1, 0.15) is 0 Å². The van der Waals surface area contributed by atoms with Crippen molar-refractivity contribution in [2.45, 2.75) is 6.36 Å². The first-order valence-electron chi connectivity index (χ1n) is 5.27. The van der Waals surface area contributed by atoms with Crippen LogP contribution in [0.4, 0.5) is 17.6 Å². The van der Waals surface area contributed by atoms with E-state index < -0.39 is 27.6 Å². The first kappa shape index (κ1) is 12.7. The van der Waals surface area contributed by atoms with Crippen LogP contribution in [0, 0.1) is 13.0 Å². The fraction of sp³-hybridized carbons (Fsp3) is 0.0769. The highest BCUT2D eigenvalue weighted by atomic mass is 127. The number of hydrogen-bond acceptors (Lipinski definition) is 1. The van der Waals surface area contributed by atoms with Crippen LogP contribution < -0.4 is 25.9 Å². The normalized spacial score (nSPS) is 13.1. The number of alkyl halides is 3. The molecule has 0 amide bonds. The molecule has 98 valence electrons. The molecule has 2 aromatic rings. The minimum Gasteiger partial charge on any atom is -0.406 e. The minimum absolute atomic E-state index is 0.223. The molecule has 2 aromatic carbocycles. The van der Waals surface area contributed by atoms with Crippen LogP contribution in [-0.2, 0) is 0 Å². The van der Waals surface area contributed by atoms with Crippen molar-refractivity contribution in [2.75, 3.05) is 0 Å². The lowest BCUT2D eigenvalue weighted by atomic mass is 10.1. The second kappa shape index (κ2) is 4.36. The first-order chi connectivity index (χ1) is 8.92. The van der Waals surface area contributed by atoms with Gasteiger partial charge in [-0.2, -0.15) is 0 Å². The molecule has 0 atom stereocenters. The van der Waals surface area contributed by atoms with E-state index in [0.717, 1.165) is 18.3 Å². The van der Waals surface area contributed by atoms with Gasteiger partial charge < -0.3 is 4.74 Å². The van der Waals surface area contributed by atoms with Gasteiger partial charge in [0.15, 0.2) is 0 Å². The number of ether oxygens (including phenoxy) is 1. The quantitative estimate of drug-likeness (QED) is 0.449. The Balaban J connectivity index is 1.98. The van der Waals surface area contributed by atoms with Crippen LogP contribution in [0.3, 0.4) is 0 Å². The summed E-state index contributed by atoms with van der Waals surface area (Å²) in [4.78, 5) is 0. The predicted octanol–water partition coefficient (Wildman–Crippen LogP) is 0.833. The Morgan fingerprint density at radius 3 is 2.21 bits per heavy atom. The van der Waals surface area contributed by atoms with Crippen molar-refractivity contribution in [3.63, 3.8) is 0 Å². The Morgan fingerprint density at radius 2 is 1.53 bits per heavy atom. The second-order valence-corrected chi connectivity index (χ2v) is 6.77. The van der Waals surface area contributed by atoms with Crippen molar-refractivity contribution in [1.82, 2.24) is 0 Å². The molecule has 1 aliphatic rings. The van der Waals surface area contributed by atoms with E-state index >= 15 is 0 Å². The monoisotopic (exact) mass is 381 g/mol. The maximum Gasteiger partial charge on any atom is 0.573 e. The van der Waals surface area contributed by atoms with E-state index in [9.17, 15) is 17.6 Å². The maximum atomic E-state index is 13.1. The van der Waals surface area contributed by atoms with Gasteiger partial charge in [-0.05, 0) is 24.3 Å². The first-order valence-corrected chi connectivity index (χ1v) is 7.43. The van der Waals surface area contributed by atoms with Gasteiger partial charge in [0.1, 0.15) is 11.6 Å². The van der Waals surface area contributed by atoms with Crippen LogP contribution in [0.2, 0.25) is 0 Å². The van der Waals surface area contributed by atoms with Gasteiger partial charge >= 0.3 is 27.6 Å². The molecule has 0 N–H and O–H groups in total. The van der Waals surface area contributed by atoms with E-state index in [0.29, 0.717) is 0 Å². The molecule has 1 heterocycles. The summed E-state index contributed by atoms with van der Waals surface area (Å²) in [7, 11) is 0. The van der Waals surface area contributed by atoms with Gasteiger partial charge in [-0.25, -0.2) is 4.39 Å². The minimum atomic E-state index is -4.69. The summed E-state index contributed by atoms with van der Waals surface area (Å²) in [5.41, 5.74) is 1.78. The van der Waals surface area contributed by atoms with Crippen LogP contribution in [0.5, 0.6) is 5.75 Å². The van der Waals surface area contributed by atoms with Gasteiger partial charge in [-0.1, -0.05) is 0 Å². The molecule has 3 rings (SSSR count). The highest BCUT2D eigenvalue weighted by Gasteiger charge is 2.36. The average molecular weight is 381 g/mol. The average Bonchev–Trinajstić information content (AvgIpc) is 2.62. The van der Waals surface area contributed by atoms with Crippen molar-refractivity contribution in [1.29, 1.82) is 0 Å². The molecule has 0 aliphatic carbocycles. The summed E-state index contributed by atoms with van der Waals surface area (Å²) in [6.45, 7) is 0. The van der Waals surface area contributed by atoms with Crippen molar-refractivity contribution >= 4 is 0 Å². The fourth-order valence-electron chi connectivity index (χ4n) is 1.89. The molecular formula is C13H6F4IO+. The fourth-order valence-corrected chi connectivity index (χ4v) is 4.95. The molecule has 0 saturated carbocycles. The smallest absolute Gasteiger partial charge is 0.406 e. The number of benzene rings is 2. The van der Waals surface area contributed by atoms with Gasteiger partial charge in [0.2, 0.25) is 7.14 Å². The molecule has 0 aromatic heterocycles. The van der Waals surface area contributed by atoms with E-state index in [2.05, 4.69) is 4.74 Å². The summed E-state index contributed by atoms with van der Waals surface area (Å²) in [5.74, 6) is -0.544. The highest BCUT2D eigenvalue weighted by Crippen LogP contribution is 2.28. The standard InChI is InChI=1S/C13H6F4IO/c14-7-1-3-9-10-4-2-8(19-13(15,16)17)6-12(10)18-11(9)5-7/h1-6H/q+1. The molecule has 0 bridgehead atoms. The Kier molecular flexibility index (Phi) is 2.92. The number of halogens is 5. The van der Waals surface area contributed by atoms with Gasteiger partial charge in [-0.15, -0.1) is 13.2 Å². The van der Waals surface area contributed by atoms with E-state index in [4.69, 9.17) is 0 Å². The molecule has 19 heavy (non-hydrogen) atoms. The zero-order chi connectivity index (χ0) is 13.6. The lowest BCUT2D eigenvalue weighted by Crippen LogP contribution is -3.61. The van der Waals surface area contributed by atoms with Crippen molar-refractivity contribution in [2.24, 2.45) is 0 Å². The number of hydrogen-bond donors (Lipinski definition) is 0. The van der Waals surface area contributed by atoms with E-state index in [-0.39, 0.29) is 11.6 Å². The van der Waals surface area contributed by atoms with Crippen molar-refractivity contribution in [3.8, 4) is 16.9 Å². The molecule has 6 heteroatoms. The Labute approximate surface area is 116 Å². The lowest BCUT2D eigenvalue weighted by molar-refractivity contribution is -0.590. The Hall–Kier alpha value is -1.31. The van der Waals surface area contributed by atoms with Crippen LogP contribution in [0.15, 0.2) is 36.4 Å². The number of fused-ring (bicyclic) bond motifs is 3. The summed E-state index contributed by atoms with van der Waals surface area (Å²) in [5, 5.41) is 0. The van der Waals surface area contributed by atoms with Crippen LogP contribution in [-0.4, -0.2) is 6.36 Å². The van der Waals surface area contributed by atoms with Gasteiger partial charge in [0.05, 0.1) is 0 Å². The predicted molar refractivity (Wildman–Crippen MR) is 55.9 cm³/mol. The van der Waals surface area contributed by atoms with Crippen molar-refractivity contribution in [3.05, 3.63) is 49.4 Å². The van der Waals surface area contributed by atoms with Crippen molar-refractivity contribution < 1.29 is 43.5 Å². The van der Waals surface area contributed by atoms with Gasteiger partial charge in [0.25, 0.3) is 0 Å². The summed E-state index contributed by atoms with van der Waals surface area (Å²) >= 11 is -0.661. The summed E-state index contributed by atoms with van der Waals surface area (Å²) < 4.78 is 55.2. The lowest BCUT2D eigenvalue weighted by Gasteiger charge is -2.08. The Bertz CT molecular complexity index is 652. The second-order valence-electron chi connectivity index (χ2n) is 3.91. The van der Waals surface area contributed by atoms with E-state index in [1.807, 2.05) is 0 Å². The largest absolute Gasteiger partial charge is 0.573 e. The highest BCUT2D eigenvalue weighted by molar-refractivity contribution is 5.65. The molecule has 0 saturated heterocycles. The summed E-state index contributed by atoms with van der Waals surface area (Å²) in [6, 6.07) is 8.76. The maximum absolute atomic E-state index is 13.1. The third-order valence-corrected chi connectivity index (χ3v) is 5.55. The molecule has 0 spiro atoms. The molecule has 0 unspecified atom stereocenters. The Morgan fingerprint density at radius 1 is 0.895 bits per heavy atom. The zero-order valence-corrected chi connectivity index (χ0v) is 11.4. The van der Waals surface area contributed by atoms with Gasteiger partial charge in [0, 0.05) is 23.3 Å². The zero-order valence-electron chi connectivity index (χ0n) is 9.26. The molecular weight excluding hydrogens is 375 g/mol. The van der Waals surface area contributed by atoms with E-state index in [1.54, 1.807) is 12.1 Å². The molecule has 1 nitrogen and oxygen atoms in total. The van der Waals surface area contributed by atoms with E-state index in [1.165, 1.54) is 24.3 Å². The SMILES string of the molecule is Fc1ccc2c(c1)[I+]c1cc(OC(F)(F)F)ccc1-2. The van der Waals surface area contributed by atoms with Crippen LogP contribution in [0.25, 0.3) is 11.1 Å². The molecule has 1 aliphatic heterocycles. The summed E-state index contributed by atoms with van der Waals surface area (Å²) in [6.07, 6.45) is -4.69. The third kappa shape index (κ3) is 2.54. The molecule has 0 radical (unpaired) electrons. The molecule has 0 fully saturated rings. The van der Waals surface area contributed by atoms with Gasteiger partial charge in [-0.3, -0.25) is 0 Å².